The number of aliphatic hydroxyl groups is 2. The van der Waals surface area contributed by atoms with Gasteiger partial charge in [-0.25, -0.2) is 0 Å². The van der Waals surface area contributed by atoms with Gasteiger partial charge < -0.3 is 28.5 Å². The molecule has 0 aromatic carbocycles. The minimum atomic E-state index is -2.17. The van der Waals surface area contributed by atoms with Crippen molar-refractivity contribution in [1.82, 2.24) is 0 Å². The third-order valence-corrected chi connectivity index (χ3v) is 15.5. The predicted molar refractivity (Wildman–Crippen MR) is 113 cm³/mol. The second kappa shape index (κ2) is 8.51. The fourth-order valence-electron chi connectivity index (χ4n) is 2.38. The van der Waals surface area contributed by atoms with Crippen LogP contribution in [0.1, 0.15) is 41.5 Å². The Morgan fingerprint density at radius 1 is 0.852 bits per heavy atom. The summed E-state index contributed by atoms with van der Waals surface area (Å²) in [5.74, 6) is 0. The zero-order chi connectivity index (χ0) is 21.4. The molecule has 1 saturated heterocycles. The van der Waals surface area contributed by atoms with Crippen molar-refractivity contribution < 1.29 is 28.5 Å². The van der Waals surface area contributed by atoms with Crippen LogP contribution in [0.2, 0.25) is 36.3 Å². The minimum Gasteiger partial charge on any atom is -0.414 e. The normalized spacial score (nSPS) is 31.2. The number of aliphatic hydroxyl groups excluding tert-OH is 2. The number of rotatable bonds is 6. The lowest BCUT2D eigenvalue weighted by Crippen LogP contribution is -2.63. The molecular formula is C19H42O6Si2. The highest BCUT2D eigenvalue weighted by Crippen LogP contribution is 2.40. The van der Waals surface area contributed by atoms with Gasteiger partial charge in [0.05, 0.1) is 6.61 Å². The lowest BCUT2D eigenvalue weighted by atomic mass is 9.99. The number of methoxy groups -OCH3 is 1. The number of ether oxygens (including phenoxy) is 2. The van der Waals surface area contributed by atoms with Crippen LogP contribution in [0.25, 0.3) is 0 Å². The topological polar surface area (TPSA) is 77.4 Å². The van der Waals surface area contributed by atoms with E-state index in [4.69, 9.17) is 18.3 Å². The Bertz CT molecular complexity index is 480. The summed E-state index contributed by atoms with van der Waals surface area (Å²) in [5.41, 5.74) is 0. The van der Waals surface area contributed by atoms with Gasteiger partial charge in [0.1, 0.15) is 24.4 Å². The molecule has 0 aromatic rings. The lowest BCUT2D eigenvalue weighted by Gasteiger charge is -2.47. The molecule has 1 heterocycles. The van der Waals surface area contributed by atoms with Gasteiger partial charge in [0.25, 0.3) is 0 Å². The first-order valence-electron chi connectivity index (χ1n) is 9.81. The molecule has 0 saturated carbocycles. The first-order valence-corrected chi connectivity index (χ1v) is 15.6. The lowest BCUT2D eigenvalue weighted by molar-refractivity contribution is -0.290. The maximum absolute atomic E-state index is 10.8. The van der Waals surface area contributed by atoms with E-state index in [9.17, 15) is 10.2 Å². The molecule has 5 atom stereocenters. The number of hydrogen-bond donors (Lipinski definition) is 2. The van der Waals surface area contributed by atoms with Gasteiger partial charge in [0.2, 0.25) is 0 Å². The van der Waals surface area contributed by atoms with Crippen LogP contribution in [0.3, 0.4) is 0 Å². The quantitative estimate of drug-likeness (QED) is 0.638. The van der Waals surface area contributed by atoms with E-state index in [0.29, 0.717) is 0 Å². The SMILES string of the molecule is CO[C@H]1O[C@H](CO[Si](C)(C)C(C)(C)C)[C@@H](O)[C@H](O)[C@@H]1O[Si](C)(C)C(C)(C)C. The van der Waals surface area contributed by atoms with Gasteiger partial charge >= 0.3 is 0 Å². The molecular weight excluding hydrogens is 380 g/mol. The third-order valence-electron chi connectivity index (χ3n) is 6.53. The molecule has 0 aromatic heterocycles. The molecule has 2 N–H and O–H groups in total. The van der Waals surface area contributed by atoms with Gasteiger partial charge in [-0.15, -0.1) is 0 Å². The fraction of sp³-hybridized carbons (Fsp3) is 1.00. The smallest absolute Gasteiger partial charge is 0.192 e. The molecule has 8 heteroatoms. The maximum atomic E-state index is 10.8. The highest BCUT2D eigenvalue weighted by atomic mass is 28.4. The Morgan fingerprint density at radius 3 is 1.74 bits per heavy atom. The van der Waals surface area contributed by atoms with Crippen LogP contribution in [-0.2, 0) is 18.3 Å². The van der Waals surface area contributed by atoms with E-state index in [0.717, 1.165) is 0 Å². The van der Waals surface area contributed by atoms with Crippen LogP contribution < -0.4 is 0 Å². The summed E-state index contributed by atoms with van der Waals surface area (Å²) in [6.07, 6.45) is -4.30. The fourth-order valence-corrected chi connectivity index (χ4v) is 4.68. The molecule has 27 heavy (non-hydrogen) atoms. The highest BCUT2D eigenvalue weighted by molar-refractivity contribution is 6.74. The van der Waals surface area contributed by atoms with E-state index >= 15 is 0 Å². The second-order valence-corrected chi connectivity index (χ2v) is 20.2. The zero-order valence-electron chi connectivity index (χ0n) is 19.1. The van der Waals surface area contributed by atoms with E-state index in [1.807, 2.05) is 0 Å². The summed E-state index contributed by atoms with van der Waals surface area (Å²) in [6, 6.07) is 0. The Morgan fingerprint density at radius 2 is 1.33 bits per heavy atom. The summed E-state index contributed by atoms with van der Waals surface area (Å²) >= 11 is 0. The molecule has 1 aliphatic heterocycles. The van der Waals surface area contributed by atoms with Crippen LogP contribution in [0.15, 0.2) is 0 Å². The first kappa shape index (κ1) is 25.2. The molecule has 0 bridgehead atoms. The average Bonchev–Trinajstić information content (AvgIpc) is 2.48. The molecule has 162 valence electrons. The van der Waals surface area contributed by atoms with Crippen molar-refractivity contribution in [3.63, 3.8) is 0 Å². The minimum absolute atomic E-state index is 0.0295. The van der Waals surface area contributed by atoms with Crippen molar-refractivity contribution in [2.75, 3.05) is 13.7 Å². The van der Waals surface area contributed by atoms with Crippen molar-refractivity contribution in [3.05, 3.63) is 0 Å². The monoisotopic (exact) mass is 422 g/mol. The van der Waals surface area contributed by atoms with Crippen molar-refractivity contribution in [3.8, 4) is 0 Å². The third kappa shape index (κ3) is 5.85. The average molecular weight is 423 g/mol. The van der Waals surface area contributed by atoms with E-state index < -0.39 is 47.3 Å². The molecule has 0 unspecified atom stereocenters. The highest BCUT2D eigenvalue weighted by Gasteiger charge is 2.50. The van der Waals surface area contributed by atoms with Crippen LogP contribution in [-0.4, -0.2) is 71.3 Å². The predicted octanol–water partition coefficient (Wildman–Crippen LogP) is 3.49. The molecule has 0 spiro atoms. The molecule has 6 nitrogen and oxygen atoms in total. The molecule has 1 aliphatic rings. The van der Waals surface area contributed by atoms with E-state index in [1.54, 1.807) is 0 Å². The van der Waals surface area contributed by atoms with Gasteiger partial charge in [-0.1, -0.05) is 41.5 Å². The van der Waals surface area contributed by atoms with Gasteiger partial charge in [0.15, 0.2) is 22.9 Å². The molecule has 0 amide bonds. The number of hydrogen-bond acceptors (Lipinski definition) is 6. The summed E-state index contributed by atoms with van der Waals surface area (Å²) in [4.78, 5) is 0. The van der Waals surface area contributed by atoms with Crippen molar-refractivity contribution in [1.29, 1.82) is 0 Å². The second-order valence-electron chi connectivity index (χ2n) is 10.7. The molecule has 1 fully saturated rings. The summed E-state index contributed by atoms with van der Waals surface area (Å²) < 4.78 is 23.9. The molecule has 0 radical (unpaired) electrons. The summed E-state index contributed by atoms with van der Waals surface area (Å²) in [7, 11) is -2.63. The standard InChI is InChI=1S/C19H42O6Si2/c1-18(2,3)26(8,9)23-12-13-14(20)15(21)16(17(22-7)24-13)25-27(10,11)19(4,5)6/h13-17,20-21H,12H2,1-11H3/t13-,14-,15+,16+,17+/m1/s1. The first-order chi connectivity index (χ1) is 11.9. The molecule has 0 aliphatic carbocycles. The Hall–Kier alpha value is 0.194. The van der Waals surface area contributed by atoms with Crippen molar-refractivity contribution in [2.45, 2.75) is 109 Å². The van der Waals surface area contributed by atoms with Gasteiger partial charge in [-0.3, -0.25) is 0 Å². The van der Waals surface area contributed by atoms with Crippen LogP contribution in [0.5, 0.6) is 0 Å². The molecule has 1 rings (SSSR count). The van der Waals surface area contributed by atoms with Crippen molar-refractivity contribution >= 4 is 16.6 Å². The van der Waals surface area contributed by atoms with E-state index in [-0.39, 0.29) is 16.7 Å². The van der Waals surface area contributed by atoms with Crippen molar-refractivity contribution in [2.24, 2.45) is 0 Å². The maximum Gasteiger partial charge on any atom is 0.192 e. The van der Waals surface area contributed by atoms with Gasteiger partial charge in [-0.2, -0.15) is 0 Å². The van der Waals surface area contributed by atoms with E-state index in [2.05, 4.69) is 67.7 Å². The van der Waals surface area contributed by atoms with Gasteiger partial charge in [-0.05, 0) is 36.3 Å². The largest absolute Gasteiger partial charge is 0.414 e. The zero-order valence-corrected chi connectivity index (χ0v) is 21.1. The van der Waals surface area contributed by atoms with Crippen LogP contribution in [0, 0.1) is 0 Å². The Labute approximate surface area is 167 Å². The Kier molecular flexibility index (Phi) is 7.95. The van der Waals surface area contributed by atoms with Crippen LogP contribution >= 0.6 is 0 Å². The van der Waals surface area contributed by atoms with E-state index in [1.165, 1.54) is 7.11 Å². The summed E-state index contributed by atoms with van der Waals surface area (Å²) in [6.45, 7) is 21.6. The Balaban J connectivity index is 2.90. The summed E-state index contributed by atoms with van der Waals surface area (Å²) in [5, 5.41) is 21.5. The van der Waals surface area contributed by atoms with Crippen LogP contribution in [0.4, 0.5) is 0 Å². The van der Waals surface area contributed by atoms with Gasteiger partial charge in [0, 0.05) is 7.11 Å².